The zero-order valence-electron chi connectivity index (χ0n) is 13.8. The van der Waals surface area contributed by atoms with Crippen LogP contribution in [0.4, 0.5) is 0 Å². The van der Waals surface area contributed by atoms with Crippen LogP contribution >= 0.6 is 22.6 Å². The summed E-state index contributed by atoms with van der Waals surface area (Å²) in [5, 5.41) is 55.0. The molecule has 7 N–H and O–H groups in total. The summed E-state index contributed by atoms with van der Waals surface area (Å²) in [7, 11) is 0. The van der Waals surface area contributed by atoms with Crippen molar-refractivity contribution in [3.8, 4) is 0 Å². The predicted octanol–water partition coefficient (Wildman–Crippen LogP) is -3.99. The van der Waals surface area contributed by atoms with Crippen LogP contribution in [0.2, 0.25) is 0 Å². The van der Waals surface area contributed by atoms with Gasteiger partial charge in [-0.15, -0.1) is 0 Å². The molecular weight excluding hydrogens is 483 g/mol. The van der Waals surface area contributed by atoms with Crippen LogP contribution in [0, 0.1) is 0 Å². The fourth-order valence-corrected chi connectivity index (χ4v) is 3.19. The normalized spacial score (nSPS) is 36.9. The van der Waals surface area contributed by atoms with E-state index in [0.29, 0.717) is 0 Å². The number of H-pyrrole nitrogens is 1. The van der Waals surface area contributed by atoms with Gasteiger partial charge in [0.15, 0.2) is 6.23 Å². The molecule has 1 aromatic rings. The topological polar surface area (TPSA) is 195 Å². The number of ether oxygens (including phenoxy) is 2. The van der Waals surface area contributed by atoms with Gasteiger partial charge < -0.3 is 40.1 Å². The summed E-state index contributed by atoms with van der Waals surface area (Å²) in [4.78, 5) is 24.4. The number of hydrogen-bond donors (Lipinski definition) is 7. The molecule has 154 valence electrons. The Kier molecular flexibility index (Phi) is 7.90. The molecule has 13 heteroatoms. The lowest BCUT2D eigenvalue weighted by Crippen LogP contribution is -2.38. The van der Waals surface area contributed by atoms with E-state index in [0.717, 1.165) is 16.8 Å². The van der Waals surface area contributed by atoms with Crippen molar-refractivity contribution >= 4 is 22.6 Å². The number of alkyl halides is 1. The molecule has 3 heterocycles. The van der Waals surface area contributed by atoms with E-state index in [1.54, 1.807) is 22.6 Å². The van der Waals surface area contributed by atoms with Gasteiger partial charge in [0.2, 0.25) is 0 Å². The molecule has 2 aliphatic rings. The van der Waals surface area contributed by atoms with Crippen LogP contribution < -0.4 is 11.2 Å². The first kappa shape index (κ1) is 22.4. The van der Waals surface area contributed by atoms with E-state index in [1.807, 2.05) is 4.98 Å². The molecule has 1 aromatic heterocycles. The Morgan fingerprint density at radius 3 is 2.30 bits per heavy atom. The third-order valence-electron chi connectivity index (χ3n) is 4.11. The van der Waals surface area contributed by atoms with Gasteiger partial charge in [-0.2, -0.15) is 0 Å². The van der Waals surface area contributed by atoms with Gasteiger partial charge in [0.05, 0.1) is 13.2 Å². The first-order chi connectivity index (χ1) is 12.7. The molecule has 12 nitrogen and oxygen atoms in total. The van der Waals surface area contributed by atoms with Crippen molar-refractivity contribution in [1.82, 2.24) is 9.55 Å². The Hall–Kier alpha value is -0.910. The van der Waals surface area contributed by atoms with Gasteiger partial charge in [-0.05, 0) is 22.6 Å². The van der Waals surface area contributed by atoms with Crippen LogP contribution in [0.3, 0.4) is 0 Å². The van der Waals surface area contributed by atoms with Crippen molar-refractivity contribution < 1.29 is 40.1 Å². The first-order valence-electron chi connectivity index (χ1n) is 7.91. The van der Waals surface area contributed by atoms with Crippen molar-refractivity contribution in [1.29, 1.82) is 0 Å². The second-order valence-electron chi connectivity index (χ2n) is 5.97. The zero-order chi connectivity index (χ0) is 20.3. The highest BCUT2D eigenvalue weighted by Gasteiger charge is 2.46. The van der Waals surface area contributed by atoms with E-state index in [-0.39, 0.29) is 13.2 Å². The fraction of sp³-hybridized carbons (Fsp3) is 0.714. The summed E-state index contributed by atoms with van der Waals surface area (Å²) in [6.07, 6.45) is -6.05. The fourth-order valence-electron chi connectivity index (χ4n) is 2.60. The third-order valence-corrected chi connectivity index (χ3v) is 4.82. The lowest BCUT2D eigenvalue weighted by atomic mass is 10.1. The summed E-state index contributed by atoms with van der Waals surface area (Å²) in [6, 6.07) is 1.09. The molecule has 0 spiro atoms. The molecule has 0 aromatic carbocycles. The van der Waals surface area contributed by atoms with Crippen molar-refractivity contribution in [2.75, 3.05) is 13.2 Å². The second kappa shape index (κ2) is 9.53. The van der Waals surface area contributed by atoms with Gasteiger partial charge >= 0.3 is 5.69 Å². The lowest BCUT2D eigenvalue weighted by molar-refractivity contribution is -0.0593. The van der Waals surface area contributed by atoms with Crippen molar-refractivity contribution in [3.63, 3.8) is 0 Å². The van der Waals surface area contributed by atoms with Crippen molar-refractivity contribution in [2.24, 2.45) is 0 Å². The third kappa shape index (κ3) is 5.12. The van der Waals surface area contributed by atoms with Crippen LogP contribution in [0.15, 0.2) is 21.9 Å². The van der Waals surface area contributed by atoms with Gasteiger partial charge in [0, 0.05) is 12.3 Å². The molecule has 0 bridgehead atoms. The van der Waals surface area contributed by atoms with E-state index in [2.05, 4.69) is 0 Å². The van der Waals surface area contributed by atoms with E-state index in [4.69, 9.17) is 24.8 Å². The molecule has 2 saturated heterocycles. The summed E-state index contributed by atoms with van der Waals surface area (Å²) in [6.45, 7) is -0.120. The first-order valence-corrected chi connectivity index (χ1v) is 9.15. The van der Waals surface area contributed by atoms with E-state index >= 15 is 0 Å². The van der Waals surface area contributed by atoms with Gasteiger partial charge in [-0.3, -0.25) is 14.3 Å². The molecular formula is C14H21IN2O10. The van der Waals surface area contributed by atoms with Crippen LogP contribution in [0.25, 0.3) is 0 Å². The van der Waals surface area contributed by atoms with Gasteiger partial charge in [-0.25, -0.2) is 4.79 Å². The largest absolute Gasteiger partial charge is 0.394 e. The molecule has 27 heavy (non-hydrogen) atoms. The van der Waals surface area contributed by atoms with Crippen molar-refractivity contribution in [2.45, 2.75) is 47.0 Å². The number of aliphatic hydroxyl groups is 6. The van der Waals surface area contributed by atoms with E-state index in [1.165, 1.54) is 0 Å². The molecule has 0 aliphatic carbocycles. The average molecular weight is 504 g/mol. The highest BCUT2D eigenvalue weighted by Crippen LogP contribution is 2.31. The minimum atomic E-state index is -1.37. The maximum absolute atomic E-state index is 11.5. The van der Waals surface area contributed by atoms with Crippen LogP contribution in [-0.2, 0) is 9.47 Å². The maximum Gasteiger partial charge on any atom is 0.330 e. The highest BCUT2D eigenvalue weighted by molar-refractivity contribution is 14.1. The number of hydrogen-bond acceptors (Lipinski definition) is 10. The summed E-state index contributed by atoms with van der Waals surface area (Å²) in [5.74, 6) is 0. The van der Waals surface area contributed by atoms with Crippen LogP contribution in [0.1, 0.15) is 6.23 Å². The number of halogens is 1. The highest BCUT2D eigenvalue weighted by atomic mass is 127. The summed E-state index contributed by atoms with van der Waals surface area (Å²) < 4.78 is 9.94. The smallest absolute Gasteiger partial charge is 0.330 e. The number of nitrogens with one attached hydrogen (secondary N) is 1. The number of aromatic amines is 1. The van der Waals surface area contributed by atoms with E-state index in [9.17, 15) is 24.9 Å². The quantitative estimate of drug-likeness (QED) is 0.158. The molecule has 3 rings (SSSR count). The molecule has 0 saturated carbocycles. The molecule has 0 radical (unpaired) electrons. The monoisotopic (exact) mass is 504 g/mol. The number of aromatic nitrogens is 2. The Morgan fingerprint density at radius 1 is 1.22 bits per heavy atom. The number of rotatable bonds is 3. The molecule has 0 amide bonds. The molecule has 8 atom stereocenters. The minimum absolute atomic E-state index is 0.117. The second-order valence-corrected chi connectivity index (χ2v) is 7.25. The lowest BCUT2D eigenvalue weighted by Gasteiger charge is -2.16. The Morgan fingerprint density at radius 2 is 1.89 bits per heavy atom. The van der Waals surface area contributed by atoms with Crippen LogP contribution in [0.5, 0.6) is 0 Å². The van der Waals surface area contributed by atoms with Crippen LogP contribution in [-0.4, -0.2) is 94.1 Å². The summed E-state index contributed by atoms with van der Waals surface area (Å²) >= 11 is 1.63. The van der Waals surface area contributed by atoms with Crippen molar-refractivity contribution in [3.05, 3.63) is 33.1 Å². The standard InChI is InChI=1S/C9H11IN2O6.C5H10O4/c10-7(16)6-4(14)5(15)8(18-6)12-2-1-3(13)11-9(12)17;6-1-4-5(8)3(7)2-9-4/h1-2,4-8,14-16H,(H,11,13,17);3-8H,1-2H2/t4-,5+,6-,7?,8+;3-,4+,5-/m00/s1. The number of aliphatic hydroxyl groups excluding tert-OH is 6. The molecule has 2 aliphatic heterocycles. The average Bonchev–Trinajstić information content (AvgIpc) is 3.09. The van der Waals surface area contributed by atoms with E-state index < -0.39 is 58.2 Å². The Balaban J connectivity index is 0.000000244. The number of nitrogens with zero attached hydrogens (tertiary/aromatic N) is 1. The SMILES string of the molecule is O=c1ccn([C@@H]2O[C@H](C(O)I)[C@@H](O)[C@H]2O)c(=O)[nH]1.OC[C@H]1OC[C@H](O)[C@@H]1O. The molecule has 2 fully saturated rings. The van der Waals surface area contributed by atoms with Gasteiger partial charge in [-0.1, -0.05) is 0 Å². The van der Waals surface area contributed by atoms with Gasteiger partial charge in [0.1, 0.15) is 40.7 Å². The Bertz CT molecular complexity index is 724. The molecule has 1 unspecified atom stereocenters. The maximum atomic E-state index is 11.5. The van der Waals surface area contributed by atoms with Gasteiger partial charge in [0.25, 0.3) is 5.56 Å². The minimum Gasteiger partial charge on any atom is -0.394 e. The zero-order valence-corrected chi connectivity index (χ0v) is 16.0. The predicted molar refractivity (Wildman–Crippen MR) is 96.1 cm³/mol. The Labute approximate surface area is 165 Å². The summed E-state index contributed by atoms with van der Waals surface area (Å²) in [5.41, 5.74) is -1.34.